The van der Waals surface area contributed by atoms with E-state index in [1.807, 2.05) is 61.5 Å². The minimum Gasteiger partial charge on any atom is -0.463 e. The van der Waals surface area contributed by atoms with Crippen molar-refractivity contribution in [1.29, 1.82) is 0 Å². The molecule has 2 aromatic carbocycles. The zero-order chi connectivity index (χ0) is 23.7. The predicted molar refractivity (Wildman–Crippen MR) is 133 cm³/mol. The highest BCUT2D eigenvalue weighted by Gasteiger charge is 2.33. The van der Waals surface area contributed by atoms with Crippen LogP contribution in [0.15, 0.2) is 69.6 Å². The molecule has 0 saturated heterocycles. The van der Waals surface area contributed by atoms with E-state index in [1.54, 1.807) is 30.6 Å². The Balaban J connectivity index is 1.95. The topological polar surface area (TPSA) is 63.9 Å². The molecule has 0 saturated carbocycles. The molecule has 33 heavy (non-hydrogen) atoms. The van der Waals surface area contributed by atoms with Gasteiger partial charge in [0.1, 0.15) is 0 Å². The monoisotopic (exact) mass is 481 g/mol. The summed E-state index contributed by atoms with van der Waals surface area (Å²) in [5.74, 6) is -0.471. The summed E-state index contributed by atoms with van der Waals surface area (Å²) in [6.45, 7) is 3.77. The van der Waals surface area contributed by atoms with Crippen LogP contribution in [0, 0.1) is 0 Å². The first-order valence-corrected chi connectivity index (χ1v) is 11.7. The lowest BCUT2D eigenvalue weighted by Gasteiger charge is -2.25. The molecule has 0 bridgehead atoms. The van der Waals surface area contributed by atoms with Crippen LogP contribution in [0.5, 0.6) is 0 Å². The lowest BCUT2D eigenvalue weighted by molar-refractivity contribution is -0.139. The Morgan fingerprint density at radius 1 is 1.21 bits per heavy atom. The molecular weight excluding hydrogens is 458 g/mol. The van der Waals surface area contributed by atoms with Crippen LogP contribution in [0.25, 0.3) is 6.08 Å². The van der Waals surface area contributed by atoms with Gasteiger partial charge in [0.25, 0.3) is 5.56 Å². The first-order valence-electron chi connectivity index (χ1n) is 10.5. The summed E-state index contributed by atoms with van der Waals surface area (Å²) < 4.78 is 7.41. The van der Waals surface area contributed by atoms with E-state index in [0.29, 0.717) is 25.6 Å². The summed E-state index contributed by atoms with van der Waals surface area (Å²) >= 11 is 7.59. The summed E-state index contributed by atoms with van der Waals surface area (Å²) in [6.07, 6.45) is 1.77. The molecule has 1 aromatic heterocycles. The van der Waals surface area contributed by atoms with Crippen LogP contribution in [-0.2, 0) is 9.53 Å². The summed E-state index contributed by atoms with van der Waals surface area (Å²) in [6, 6.07) is 14.5. The normalized spacial score (nSPS) is 15.8. The highest BCUT2D eigenvalue weighted by atomic mass is 35.5. The van der Waals surface area contributed by atoms with Gasteiger partial charge < -0.3 is 9.64 Å². The fourth-order valence-electron chi connectivity index (χ4n) is 3.80. The van der Waals surface area contributed by atoms with Gasteiger partial charge in [-0.05, 0) is 49.2 Å². The number of esters is 1. The minimum absolute atomic E-state index is 0.227. The molecule has 0 fully saturated rings. The van der Waals surface area contributed by atoms with Gasteiger partial charge in [-0.1, -0.05) is 53.3 Å². The SMILES string of the molecule is CCOC(=O)C1=C(C)N=c2s/c(=C\c3ccccc3Cl)c(=O)n2[C@H]1c1ccc(N(C)C)cc1. The highest BCUT2D eigenvalue weighted by Crippen LogP contribution is 2.31. The van der Waals surface area contributed by atoms with E-state index in [-0.39, 0.29) is 12.2 Å². The van der Waals surface area contributed by atoms with Crippen molar-refractivity contribution < 1.29 is 9.53 Å². The Hall–Kier alpha value is -3.16. The number of rotatable bonds is 5. The van der Waals surface area contributed by atoms with E-state index >= 15 is 0 Å². The number of allylic oxidation sites excluding steroid dienone is 1. The molecule has 0 spiro atoms. The summed E-state index contributed by atoms with van der Waals surface area (Å²) in [7, 11) is 3.92. The molecule has 0 N–H and O–H groups in total. The fourth-order valence-corrected chi connectivity index (χ4v) is 5.02. The predicted octanol–water partition coefficient (Wildman–Crippen LogP) is 3.52. The van der Waals surface area contributed by atoms with Crippen LogP contribution in [0.4, 0.5) is 5.69 Å². The van der Waals surface area contributed by atoms with Crippen LogP contribution in [-0.4, -0.2) is 31.2 Å². The number of anilines is 1. The molecule has 0 aliphatic carbocycles. The Bertz CT molecular complexity index is 1420. The van der Waals surface area contributed by atoms with Gasteiger partial charge >= 0.3 is 5.97 Å². The standard InChI is InChI=1S/C25H24ClN3O3S/c1-5-32-24(31)21-15(2)27-25-29(22(21)16-10-12-18(13-11-16)28(3)4)23(30)20(33-25)14-17-8-6-7-9-19(17)26/h6-14,22H,5H2,1-4H3/b20-14-/t22-/m0/s1. The average Bonchev–Trinajstić information content (AvgIpc) is 3.09. The molecule has 1 aliphatic rings. The molecule has 4 rings (SSSR count). The largest absolute Gasteiger partial charge is 0.463 e. The number of hydrogen-bond acceptors (Lipinski definition) is 6. The first kappa shape index (κ1) is 23.0. The van der Waals surface area contributed by atoms with E-state index in [4.69, 9.17) is 16.3 Å². The Kier molecular flexibility index (Phi) is 6.54. The number of halogens is 1. The molecule has 0 unspecified atom stereocenters. The van der Waals surface area contributed by atoms with Crippen LogP contribution in [0.3, 0.4) is 0 Å². The molecule has 1 atom stereocenters. The molecule has 8 heteroatoms. The van der Waals surface area contributed by atoms with Crippen molar-refractivity contribution in [3.8, 4) is 0 Å². The Morgan fingerprint density at radius 3 is 2.55 bits per heavy atom. The summed E-state index contributed by atoms with van der Waals surface area (Å²) in [5, 5.41) is 0.558. The zero-order valence-electron chi connectivity index (χ0n) is 18.8. The number of thiazole rings is 1. The van der Waals surface area contributed by atoms with E-state index in [2.05, 4.69) is 4.99 Å². The molecule has 1 aliphatic heterocycles. The van der Waals surface area contributed by atoms with Crippen molar-refractivity contribution >= 4 is 40.7 Å². The van der Waals surface area contributed by atoms with Crippen LogP contribution < -0.4 is 19.8 Å². The summed E-state index contributed by atoms with van der Waals surface area (Å²) in [5.41, 5.74) is 3.26. The zero-order valence-corrected chi connectivity index (χ0v) is 20.4. The van der Waals surface area contributed by atoms with E-state index in [1.165, 1.54) is 11.3 Å². The van der Waals surface area contributed by atoms with Gasteiger partial charge in [-0.2, -0.15) is 0 Å². The number of hydrogen-bond donors (Lipinski definition) is 0. The molecule has 3 aromatic rings. The average molecular weight is 482 g/mol. The maximum atomic E-state index is 13.6. The second kappa shape index (κ2) is 9.37. The van der Waals surface area contributed by atoms with E-state index in [9.17, 15) is 9.59 Å². The second-order valence-corrected chi connectivity index (χ2v) is 9.23. The maximum absolute atomic E-state index is 13.6. The maximum Gasteiger partial charge on any atom is 0.338 e. The smallest absolute Gasteiger partial charge is 0.338 e. The third-order valence-electron chi connectivity index (χ3n) is 5.43. The lowest BCUT2D eigenvalue weighted by atomic mass is 9.95. The van der Waals surface area contributed by atoms with E-state index < -0.39 is 12.0 Å². The summed E-state index contributed by atoms with van der Waals surface area (Å²) in [4.78, 5) is 33.6. The number of nitrogens with zero attached hydrogens (tertiary/aromatic N) is 3. The fraction of sp³-hybridized carbons (Fsp3) is 0.240. The van der Waals surface area contributed by atoms with Gasteiger partial charge in [0.15, 0.2) is 4.80 Å². The van der Waals surface area contributed by atoms with Gasteiger partial charge in [0.05, 0.1) is 28.5 Å². The quantitative estimate of drug-likeness (QED) is 0.523. The van der Waals surface area contributed by atoms with Crippen molar-refractivity contribution in [3.63, 3.8) is 0 Å². The van der Waals surface area contributed by atoms with Gasteiger partial charge in [0.2, 0.25) is 0 Å². The molecular formula is C25H24ClN3O3S. The second-order valence-electron chi connectivity index (χ2n) is 7.81. The molecule has 6 nitrogen and oxygen atoms in total. The van der Waals surface area contributed by atoms with Crippen molar-refractivity contribution in [2.24, 2.45) is 4.99 Å². The highest BCUT2D eigenvalue weighted by molar-refractivity contribution is 7.07. The third-order valence-corrected chi connectivity index (χ3v) is 6.76. The van der Waals surface area contributed by atoms with Gasteiger partial charge in [0, 0.05) is 24.8 Å². The number of benzene rings is 2. The van der Waals surface area contributed by atoms with Crippen LogP contribution in [0.1, 0.15) is 31.0 Å². The molecule has 170 valence electrons. The number of carbonyl (C=O) groups excluding carboxylic acids is 1. The van der Waals surface area contributed by atoms with E-state index in [0.717, 1.165) is 16.8 Å². The first-order chi connectivity index (χ1) is 15.8. The van der Waals surface area contributed by atoms with Crippen molar-refractivity contribution in [3.05, 3.63) is 95.6 Å². The minimum atomic E-state index is -0.634. The van der Waals surface area contributed by atoms with Gasteiger partial charge in [-0.15, -0.1) is 0 Å². The Morgan fingerprint density at radius 2 is 1.91 bits per heavy atom. The number of fused-ring (bicyclic) bond motifs is 1. The van der Waals surface area contributed by atoms with Crippen molar-refractivity contribution in [1.82, 2.24) is 4.57 Å². The third kappa shape index (κ3) is 4.38. The number of carbonyl (C=O) groups is 1. The molecule has 0 radical (unpaired) electrons. The van der Waals surface area contributed by atoms with Gasteiger partial charge in [-0.3, -0.25) is 9.36 Å². The number of aromatic nitrogens is 1. The van der Waals surface area contributed by atoms with Crippen LogP contribution in [0.2, 0.25) is 5.02 Å². The lowest BCUT2D eigenvalue weighted by Crippen LogP contribution is -2.39. The molecule has 0 amide bonds. The van der Waals surface area contributed by atoms with Crippen molar-refractivity contribution in [2.45, 2.75) is 19.9 Å². The number of ether oxygens (including phenoxy) is 1. The van der Waals surface area contributed by atoms with Gasteiger partial charge in [-0.25, -0.2) is 9.79 Å². The van der Waals surface area contributed by atoms with Crippen molar-refractivity contribution in [2.75, 3.05) is 25.6 Å². The Labute approximate surface area is 200 Å². The van der Waals surface area contributed by atoms with Crippen LogP contribution >= 0.6 is 22.9 Å². The molecule has 2 heterocycles.